The van der Waals surface area contributed by atoms with E-state index >= 15 is 0 Å². The van der Waals surface area contributed by atoms with Crippen LogP contribution in [0, 0.1) is 0 Å². The smallest absolute Gasteiger partial charge is 0.242 e. The minimum atomic E-state index is -0.0762. The van der Waals surface area contributed by atoms with Crippen LogP contribution in [0.2, 0.25) is 0 Å². The number of amides is 2. The lowest BCUT2D eigenvalue weighted by Gasteiger charge is -2.26. The van der Waals surface area contributed by atoms with Crippen molar-refractivity contribution in [3.63, 3.8) is 0 Å². The first-order valence-electron chi connectivity index (χ1n) is 5.34. The number of piperazine rings is 1. The van der Waals surface area contributed by atoms with Crippen molar-refractivity contribution in [3.8, 4) is 0 Å². The SMILES string of the molecule is O=C1CN(CCc2ccccc2)C(=O)CN1. The Bertz CT molecular complexity index is 389. The van der Waals surface area contributed by atoms with Gasteiger partial charge in [0.15, 0.2) is 0 Å². The Kier molecular flexibility index (Phi) is 3.19. The van der Waals surface area contributed by atoms with Crippen LogP contribution >= 0.6 is 0 Å². The average Bonchev–Trinajstić information content (AvgIpc) is 2.32. The Morgan fingerprint density at radius 2 is 1.94 bits per heavy atom. The summed E-state index contributed by atoms with van der Waals surface area (Å²) >= 11 is 0. The normalized spacial score (nSPS) is 16.1. The Balaban J connectivity index is 1.90. The van der Waals surface area contributed by atoms with E-state index in [9.17, 15) is 9.59 Å². The van der Waals surface area contributed by atoms with Gasteiger partial charge in [0.1, 0.15) is 0 Å². The van der Waals surface area contributed by atoms with Crippen LogP contribution in [0.5, 0.6) is 0 Å². The molecular weight excluding hydrogens is 204 g/mol. The fourth-order valence-electron chi connectivity index (χ4n) is 1.72. The number of nitrogens with one attached hydrogen (secondary N) is 1. The van der Waals surface area contributed by atoms with Crippen LogP contribution in [-0.2, 0) is 16.0 Å². The topological polar surface area (TPSA) is 49.4 Å². The molecule has 4 nitrogen and oxygen atoms in total. The maximum Gasteiger partial charge on any atom is 0.242 e. The van der Waals surface area contributed by atoms with Gasteiger partial charge >= 0.3 is 0 Å². The van der Waals surface area contributed by atoms with Gasteiger partial charge in [0, 0.05) is 6.54 Å². The first-order valence-corrected chi connectivity index (χ1v) is 5.34. The molecule has 0 atom stereocenters. The summed E-state index contributed by atoms with van der Waals surface area (Å²) in [5.74, 6) is -0.0804. The lowest BCUT2D eigenvalue weighted by Crippen LogP contribution is -2.51. The molecule has 4 heteroatoms. The van der Waals surface area contributed by atoms with Crippen LogP contribution in [0.25, 0.3) is 0 Å². The van der Waals surface area contributed by atoms with Crippen LogP contribution in [0.15, 0.2) is 30.3 Å². The molecule has 1 aliphatic rings. The monoisotopic (exact) mass is 218 g/mol. The lowest BCUT2D eigenvalue weighted by atomic mass is 10.1. The quantitative estimate of drug-likeness (QED) is 0.787. The number of hydrogen-bond acceptors (Lipinski definition) is 2. The first-order chi connectivity index (χ1) is 7.75. The molecule has 1 fully saturated rings. The van der Waals surface area contributed by atoms with Gasteiger partial charge in [-0.3, -0.25) is 9.59 Å². The van der Waals surface area contributed by atoms with E-state index in [0.29, 0.717) is 6.54 Å². The van der Waals surface area contributed by atoms with Crippen molar-refractivity contribution in [1.82, 2.24) is 10.2 Å². The molecule has 1 aliphatic heterocycles. The van der Waals surface area contributed by atoms with E-state index in [0.717, 1.165) is 6.42 Å². The van der Waals surface area contributed by atoms with E-state index in [-0.39, 0.29) is 24.9 Å². The fourth-order valence-corrected chi connectivity index (χ4v) is 1.72. The van der Waals surface area contributed by atoms with Gasteiger partial charge < -0.3 is 10.2 Å². The molecule has 0 unspecified atom stereocenters. The summed E-state index contributed by atoms with van der Waals surface area (Å²) in [6.45, 7) is 0.926. The summed E-state index contributed by atoms with van der Waals surface area (Å²) in [5.41, 5.74) is 1.18. The van der Waals surface area contributed by atoms with Crippen molar-refractivity contribution in [1.29, 1.82) is 0 Å². The van der Waals surface area contributed by atoms with Crippen molar-refractivity contribution in [2.45, 2.75) is 6.42 Å². The van der Waals surface area contributed by atoms with Gasteiger partial charge in [0.05, 0.1) is 13.1 Å². The molecule has 0 aromatic heterocycles. The number of carbonyl (C=O) groups is 2. The van der Waals surface area contributed by atoms with Crippen LogP contribution in [-0.4, -0.2) is 36.3 Å². The van der Waals surface area contributed by atoms with Crippen molar-refractivity contribution in [3.05, 3.63) is 35.9 Å². The molecule has 0 saturated carbocycles. The Labute approximate surface area is 94.2 Å². The fraction of sp³-hybridized carbons (Fsp3) is 0.333. The van der Waals surface area contributed by atoms with E-state index in [4.69, 9.17) is 0 Å². The molecule has 1 N–H and O–H groups in total. The molecule has 0 spiro atoms. The highest BCUT2D eigenvalue weighted by molar-refractivity contribution is 5.92. The van der Waals surface area contributed by atoms with Gasteiger partial charge in [-0.1, -0.05) is 30.3 Å². The minimum Gasteiger partial charge on any atom is -0.345 e. The van der Waals surface area contributed by atoms with Crippen LogP contribution in [0.1, 0.15) is 5.56 Å². The molecule has 1 aromatic rings. The predicted molar refractivity (Wildman–Crippen MR) is 59.7 cm³/mol. The molecule has 0 radical (unpaired) electrons. The molecule has 0 aliphatic carbocycles. The number of nitrogens with zero attached hydrogens (tertiary/aromatic N) is 1. The molecule has 2 amide bonds. The Morgan fingerprint density at radius 1 is 1.19 bits per heavy atom. The second-order valence-electron chi connectivity index (χ2n) is 3.83. The van der Waals surface area contributed by atoms with Gasteiger partial charge in [-0.05, 0) is 12.0 Å². The number of rotatable bonds is 3. The van der Waals surface area contributed by atoms with Gasteiger partial charge in [-0.25, -0.2) is 0 Å². The highest BCUT2D eigenvalue weighted by Crippen LogP contribution is 2.03. The van der Waals surface area contributed by atoms with Crippen molar-refractivity contribution >= 4 is 11.8 Å². The Morgan fingerprint density at radius 3 is 2.69 bits per heavy atom. The first kappa shape index (κ1) is 10.7. The van der Waals surface area contributed by atoms with Crippen LogP contribution in [0.4, 0.5) is 0 Å². The average molecular weight is 218 g/mol. The molecule has 2 rings (SSSR count). The summed E-state index contributed by atoms with van der Waals surface area (Å²) < 4.78 is 0. The summed E-state index contributed by atoms with van der Waals surface area (Å²) in [4.78, 5) is 24.2. The highest BCUT2D eigenvalue weighted by atomic mass is 16.2. The molecule has 1 heterocycles. The number of carbonyl (C=O) groups excluding carboxylic acids is 2. The molecular formula is C12H14N2O2. The summed E-state index contributed by atoms with van der Waals surface area (Å²) in [6, 6.07) is 9.95. The maximum absolute atomic E-state index is 11.5. The van der Waals surface area contributed by atoms with Gasteiger partial charge in [-0.2, -0.15) is 0 Å². The minimum absolute atomic E-state index is 0.00414. The van der Waals surface area contributed by atoms with Crippen molar-refractivity contribution in [2.24, 2.45) is 0 Å². The second-order valence-corrected chi connectivity index (χ2v) is 3.83. The zero-order valence-corrected chi connectivity index (χ0v) is 8.98. The summed E-state index contributed by atoms with van der Waals surface area (Å²) in [5, 5.41) is 2.53. The van der Waals surface area contributed by atoms with E-state index < -0.39 is 0 Å². The molecule has 1 aromatic carbocycles. The van der Waals surface area contributed by atoms with E-state index in [1.165, 1.54) is 5.56 Å². The number of hydrogen-bond donors (Lipinski definition) is 1. The van der Waals surface area contributed by atoms with E-state index in [1.807, 2.05) is 30.3 Å². The second kappa shape index (κ2) is 4.79. The molecule has 0 bridgehead atoms. The van der Waals surface area contributed by atoms with Crippen LogP contribution in [0.3, 0.4) is 0 Å². The zero-order chi connectivity index (χ0) is 11.4. The van der Waals surface area contributed by atoms with Crippen molar-refractivity contribution in [2.75, 3.05) is 19.6 Å². The lowest BCUT2D eigenvalue weighted by molar-refractivity contribution is -0.140. The summed E-state index contributed by atoms with van der Waals surface area (Å²) in [7, 11) is 0. The Hall–Kier alpha value is -1.84. The van der Waals surface area contributed by atoms with Crippen molar-refractivity contribution < 1.29 is 9.59 Å². The van der Waals surface area contributed by atoms with Gasteiger partial charge in [-0.15, -0.1) is 0 Å². The van der Waals surface area contributed by atoms with Crippen LogP contribution < -0.4 is 5.32 Å². The predicted octanol–water partition coefficient (Wildman–Crippen LogP) is 0.188. The van der Waals surface area contributed by atoms with Gasteiger partial charge in [0.2, 0.25) is 11.8 Å². The van der Waals surface area contributed by atoms with Gasteiger partial charge in [0.25, 0.3) is 0 Å². The zero-order valence-electron chi connectivity index (χ0n) is 8.98. The van der Waals surface area contributed by atoms with E-state index in [1.54, 1.807) is 4.90 Å². The largest absolute Gasteiger partial charge is 0.345 e. The number of benzene rings is 1. The summed E-state index contributed by atoms with van der Waals surface area (Å²) in [6.07, 6.45) is 0.792. The molecule has 84 valence electrons. The molecule has 16 heavy (non-hydrogen) atoms. The third-order valence-corrected chi connectivity index (χ3v) is 2.64. The highest BCUT2D eigenvalue weighted by Gasteiger charge is 2.22. The standard InChI is InChI=1S/C12H14N2O2/c15-11-9-14(12(16)8-13-11)7-6-10-4-2-1-3-5-10/h1-5H,6-9H2,(H,13,15). The molecule has 1 saturated heterocycles. The third kappa shape index (κ3) is 2.59. The van der Waals surface area contributed by atoms with E-state index in [2.05, 4.69) is 5.32 Å². The third-order valence-electron chi connectivity index (χ3n) is 2.64. The maximum atomic E-state index is 11.5.